The molecule has 0 aliphatic carbocycles. The van der Waals surface area contributed by atoms with E-state index in [1.807, 2.05) is 6.92 Å². The number of hydrogen-bond acceptors (Lipinski definition) is 9. The van der Waals surface area contributed by atoms with Crippen LogP contribution in [-0.2, 0) is 42.9 Å². The normalized spacial score (nSPS) is 12.1. The molecule has 0 spiro atoms. The van der Waals surface area contributed by atoms with Gasteiger partial charge < -0.3 is 23.7 Å². The molecule has 0 aromatic carbocycles. The average molecular weight is 492 g/mol. The highest BCUT2D eigenvalue weighted by molar-refractivity contribution is 5.89. The van der Waals surface area contributed by atoms with Crippen molar-refractivity contribution in [2.45, 2.75) is 26.7 Å². The molecule has 10 heteroatoms. The quantitative estimate of drug-likeness (QED) is 0.123. The van der Waals surface area contributed by atoms with Crippen molar-refractivity contribution < 1.29 is 42.9 Å². The largest absolute Gasteiger partial charge is 0.470 e. The van der Waals surface area contributed by atoms with Crippen LogP contribution in [0.4, 0.5) is 0 Å². The Balaban J connectivity index is 5.63. The van der Waals surface area contributed by atoms with Crippen molar-refractivity contribution in [2.75, 3.05) is 39.6 Å². The standard InChI is InChI=1S/C25H33NO9/c1-8-20(27)32-15-24(11-4,16-33-21(28)9-2)13-31-14-25(12-5,17-34-22(29)10-3)18-35-23(30)19(6)26-7/h8-10H,1-3,6,11-18H2,4-5H3. The van der Waals surface area contributed by atoms with Crippen molar-refractivity contribution in [3.63, 3.8) is 0 Å². The van der Waals surface area contributed by atoms with Crippen LogP contribution in [-0.4, -0.2) is 63.5 Å². The summed E-state index contributed by atoms with van der Waals surface area (Å²) in [4.78, 5) is 49.8. The Morgan fingerprint density at radius 2 is 1.06 bits per heavy atom. The highest BCUT2D eigenvalue weighted by atomic mass is 16.6. The molecule has 0 aromatic heterocycles. The molecule has 0 N–H and O–H groups in total. The van der Waals surface area contributed by atoms with Gasteiger partial charge in [-0.3, -0.25) is 4.79 Å². The van der Waals surface area contributed by atoms with E-state index in [9.17, 15) is 19.2 Å². The molecule has 10 nitrogen and oxygen atoms in total. The third-order valence-electron chi connectivity index (χ3n) is 5.26. The zero-order valence-electron chi connectivity index (χ0n) is 20.3. The van der Waals surface area contributed by atoms with E-state index in [4.69, 9.17) is 30.3 Å². The molecule has 0 rings (SSSR count). The molecule has 192 valence electrons. The molecule has 0 bridgehead atoms. The van der Waals surface area contributed by atoms with Gasteiger partial charge >= 0.3 is 23.9 Å². The van der Waals surface area contributed by atoms with Crippen LogP contribution in [0.15, 0.2) is 50.2 Å². The predicted molar refractivity (Wildman–Crippen MR) is 126 cm³/mol. The summed E-state index contributed by atoms with van der Waals surface area (Å²) in [6, 6.07) is 0. The highest BCUT2D eigenvalue weighted by Gasteiger charge is 2.37. The molecule has 0 saturated carbocycles. The minimum atomic E-state index is -0.967. The molecular formula is C25H33NO9. The second-order valence-corrected chi connectivity index (χ2v) is 7.77. The zero-order chi connectivity index (χ0) is 26.9. The summed E-state index contributed by atoms with van der Waals surface area (Å²) in [5.74, 6) is -2.87. The van der Waals surface area contributed by atoms with E-state index in [-0.39, 0.29) is 39.6 Å². The summed E-state index contributed by atoms with van der Waals surface area (Å²) >= 11 is 0. The summed E-state index contributed by atoms with van der Waals surface area (Å²) in [6.45, 7) is 23.2. The maximum Gasteiger partial charge on any atom is 0.335 e. The van der Waals surface area contributed by atoms with Crippen molar-refractivity contribution in [2.24, 2.45) is 10.8 Å². The van der Waals surface area contributed by atoms with E-state index in [0.29, 0.717) is 12.8 Å². The molecule has 0 aliphatic heterocycles. The molecule has 0 amide bonds. The first kappa shape index (κ1) is 31.3. The van der Waals surface area contributed by atoms with E-state index >= 15 is 0 Å². The lowest BCUT2D eigenvalue weighted by atomic mass is 9.86. The monoisotopic (exact) mass is 491 g/mol. The first-order chi connectivity index (χ1) is 16.6. The van der Waals surface area contributed by atoms with Crippen LogP contribution in [0, 0.1) is 17.4 Å². The van der Waals surface area contributed by atoms with Gasteiger partial charge in [0.2, 0.25) is 0 Å². The van der Waals surface area contributed by atoms with Gasteiger partial charge in [0.1, 0.15) is 26.4 Å². The minimum absolute atomic E-state index is 0.0157. The molecule has 0 fully saturated rings. The lowest BCUT2D eigenvalue weighted by Crippen LogP contribution is -2.42. The minimum Gasteiger partial charge on any atom is -0.470 e. The van der Waals surface area contributed by atoms with Gasteiger partial charge in [-0.15, -0.1) is 0 Å². The lowest BCUT2D eigenvalue weighted by molar-refractivity contribution is -0.157. The molecule has 0 saturated heterocycles. The summed E-state index contributed by atoms with van der Waals surface area (Å²) in [5.41, 5.74) is -2.26. The van der Waals surface area contributed by atoms with Crippen LogP contribution < -0.4 is 0 Å². The van der Waals surface area contributed by atoms with Gasteiger partial charge in [-0.25, -0.2) is 19.2 Å². The molecular weight excluding hydrogens is 458 g/mol. The fourth-order valence-corrected chi connectivity index (χ4v) is 2.54. The molecule has 1 atom stereocenters. The second-order valence-electron chi connectivity index (χ2n) is 7.77. The number of carbonyl (C=O) groups is 4. The van der Waals surface area contributed by atoms with Crippen molar-refractivity contribution in [3.8, 4) is 0 Å². The van der Waals surface area contributed by atoms with Gasteiger partial charge in [-0.05, 0) is 12.8 Å². The Bertz CT molecular complexity index is 831. The van der Waals surface area contributed by atoms with E-state index in [1.54, 1.807) is 6.92 Å². The molecule has 35 heavy (non-hydrogen) atoms. The highest BCUT2D eigenvalue weighted by Crippen LogP contribution is 2.29. The van der Waals surface area contributed by atoms with Gasteiger partial charge in [0.25, 0.3) is 5.70 Å². The third-order valence-corrected chi connectivity index (χ3v) is 5.26. The van der Waals surface area contributed by atoms with Crippen LogP contribution in [0.25, 0.3) is 4.85 Å². The zero-order valence-corrected chi connectivity index (χ0v) is 20.3. The Morgan fingerprint density at radius 1 is 0.714 bits per heavy atom. The smallest absolute Gasteiger partial charge is 0.335 e. The summed E-state index contributed by atoms with van der Waals surface area (Å²) in [5, 5.41) is 0. The molecule has 0 radical (unpaired) electrons. The lowest BCUT2D eigenvalue weighted by Gasteiger charge is -2.35. The first-order valence-corrected chi connectivity index (χ1v) is 10.7. The van der Waals surface area contributed by atoms with Crippen LogP contribution in [0.5, 0.6) is 0 Å². The first-order valence-electron chi connectivity index (χ1n) is 10.7. The van der Waals surface area contributed by atoms with Crippen LogP contribution in [0.3, 0.4) is 0 Å². The molecule has 0 aliphatic rings. The van der Waals surface area contributed by atoms with Crippen molar-refractivity contribution >= 4 is 23.9 Å². The van der Waals surface area contributed by atoms with E-state index in [1.165, 1.54) is 0 Å². The van der Waals surface area contributed by atoms with E-state index in [0.717, 1.165) is 18.2 Å². The summed E-state index contributed by atoms with van der Waals surface area (Å²) < 4.78 is 26.7. The van der Waals surface area contributed by atoms with Gasteiger partial charge in [0.15, 0.2) is 0 Å². The fourth-order valence-electron chi connectivity index (χ4n) is 2.54. The summed E-state index contributed by atoms with van der Waals surface area (Å²) in [6.07, 6.45) is 3.80. The summed E-state index contributed by atoms with van der Waals surface area (Å²) in [7, 11) is 0. The SMILES string of the molecule is [C-]#[N+]C(=C)C(=O)OCC(CC)(COCC(CC)(COC(=O)C=C)COC(=O)C=C)COC(=O)C=C. The van der Waals surface area contributed by atoms with E-state index in [2.05, 4.69) is 31.2 Å². The average Bonchev–Trinajstić information content (AvgIpc) is 2.89. The van der Waals surface area contributed by atoms with Crippen molar-refractivity contribution in [3.05, 3.63) is 61.7 Å². The number of rotatable bonds is 18. The van der Waals surface area contributed by atoms with Gasteiger partial charge in [0, 0.05) is 18.2 Å². The Kier molecular flexibility index (Phi) is 14.3. The van der Waals surface area contributed by atoms with Crippen molar-refractivity contribution in [1.82, 2.24) is 0 Å². The number of hydrogen-bond donors (Lipinski definition) is 0. The predicted octanol–water partition coefficient (Wildman–Crippen LogP) is 2.96. The number of ether oxygens (including phenoxy) is 5. The number of esters is 4. The molecule has 1 unspecified atom stereocenters. The fraction of sp³-hybridized carbons (Fsp3) is 0.480. The molecule has 0 aromatic rings. The van der Waals surface area contributed by atoms with Crippen molar-refractivity contribution in [1.29, 1.82) is 0 Å². The van der Waals surface area contributed by atoms with Gasteiger partial charge in [-0.1, -0.05) is 40.2 Å². The van der Waals surface area contributed by atoms with Crippen LogP contribution in [0.2, 0.25) is 0 Å². The van der Waals surface area contributed by atoms with Gasteiger partial charge in [-0.2, -0.15) is 0 Å². The second kappa shape index (κ2) is 16.0. The van der Waals surface area contributed by atoms with Crippen LogP contribution in [0.1, 0.15) is 26.7 Å². The Morgan fingerprint density at radius 3 is 1.34 bits per heavy atom. The topological polar surface area (TPSA) is 119 Å². The Hall–Kier alpha value is -3.71. The maximum atomic E-state index is 12.0. The molecule has 0 heterocycles. The van der Waals surface area contributed by atoms with E-state index < -0.39 is 40.4 Å². The van der Waals surface area contributed by atoms with Gasteiger partial charge in [0.05, 0.1) is 30.6 Å². The maximum absolute atomic E-state index is 12.0. The third kappa shape index (κ3) is 11.3. The number of nitrogens with zero attached hydrogens (tertiary/aromatic N) is 1. The van der Waals surface area contributed by atoms with Crippen LogP contribution >= 0.6 is 0 Å². The Labute approximate surface area is 206 Å². The number of carbonyl (C=O) groups excluding carboxylic acids is 4.